The standard InChI is InChI=1S/C22H18N2O2/c1-2-26-22(25)19-13-24-21-17(15-8-6-14(12-23)7-9-15)4-3-5-18(21)20(19)16-10-11-16/h3-9,13,16H,2,10-11H2,1H3. The molecule has 1 fully saturated rings. The lowest BCUT2D eigenvalue weighted by Gasteiger charge is -2.13. The summed E-state index contributed by atoms with van der Waals surface area (Å²) in [5.74, 6) is 0.101. The Morgan fingerprint density at radius 3 is 2.65 bits per heavy atom. The zero-order chi connectivity index (χ0) is 18.1. The number of aromatic nitrogens is 1. The summed E-state index contributed by atoms with van der Waals surface area (Å²) in [4.78, 5) is 17.0. The van der Waals surface area contributed by atoms with Crippen LogP contribution in [-0.4, -0.2) is 17.6 Å². The molecule has 4 nitrogen and oxygen atoms in total. The van der Waals surface area contributed by atoms with Crippen LogP contribution in [0.2, 0.25) is 0 Å². The fourth-order valence-corrected chi connectivity index (χ4v) is 3.38. The third-order valence-corrected chi connectivity index (χ3v) is 4.75. The molecule has 0 radical (unpaired) electrons. The Balaban J connectivity index is 1.90. The van der Waals surface area contributed by atoms with Gasteiger partial charge in [0.15, 0.2) is 0 Å². The number of pyridine rings is 1. The number of esters is 1. The monoisotopic (exact) mass is 342 g/mol. The zero-order valence-electron chi connectivity index (χ0n) is 14.5. The van der Waals surface area contributed by atoms with E-state index >= 15 is 0 Å². The molecule has 0 aliphatic heterocycles. The number of nitrogens with zero attached hydrogens (tertiary/aromatic N) is 2. The van der Waals surface area contributed by atoms with E-state index in [-0.39, 0.29) is 5.97 Å². The van der Waals surface area contributed by atoms with E-state index in [1.807, 2.05) is 49.4 Å². The SMILES string of the molecule is CCOC(=O)c1cnc2c(-c3ccc(C#N)cc3)cccc2c1C1CC1. The molecule has 1 aromatic heterocycles. The largest absolute Gasteiger partial charge is 0.462 e. The molecule has 0 unspecified atom stereocenters. The second kappa shape index (κ2) is 6.61. The number of rotatable bonds is 4. The number of para-hydroxylation sites is 1. The molecule has 0 saturated heterocycles. The number of fused-ring (bicyclic) bond motifs is 1. The minimum absolute atomic E-state index is 0.299. The first-order chi connectivity index (χ1) is 12.7. The highest BCUT2D eigenvalue weighted by Crippen LogP contribution is 2.45. The van der Waals surface area contributed by atoms with Crippen molar-refractivity contribution in [2.24, 2.45) is 0 Å². The van der Waals surface area contributed by atoms with Gasteiger partial charge in [-0.15, -0.1) is 0 Å². The van der Waals surface area contributed by atoms with Gasteiger partial charge in [-0.3, -0.25) is 4.98 Å². The molecule has 3 aromatic rings. The Kier molecular flexibility index (Phi) is 4.14. The average Bonchev–Trinajstić information content (AvgIpc) is 3.52. The summed E-state index contributed by atoms with van der Waals surface area (Å²) in [5.41, 5.74) is 5.16. The normalized spacial score (nSPS) is 13.4. The number of carbonyl (C=O) groups is 1. The number of ether oxygens (including phenoxy) is 1. The number of nitriles is 1. The van der Waals surface area contributed by atoms with Crippen LogP contribution >= 0.6 is 0 Å². The van der Waals surface area contributed by atoms with Crippen LogP contribution in [0.5, 0.6) is 0 Å². The summed E-state index contributed by atoms with van der Waals surface area (Å²) in [5, 5.41) is 10.0. The second-order valence-corrected chi connectivity index (χ2v) is 6.47. The number of hydrogen-bond acceptors (Lipinski definition) is 4. The maximum absolute atomic E-state index is 12.4. The molecule has 4 heteroatoms. The van der Waals surface area contributed by atoms with E-state index in [9.17, 15) is 4.79 Å². The number of hydrogen-bond donors (Lipinski definition) is 0. The first-order valence-electron chi connectivity index (χ1n) is 8.82. The average molecular weight is 342 g/mol. The van der Waals surface area contributed by atoms with Crippen LogP contribution in [0.4, 0.5) is 0 Å². The van der Waals surface area contributed by atoms with Gasteiger partial charge in [0.05, 0.1) is 29.3 Å². The first kappa shape index (κ1) is 16.3. The Hall–Kier alpha value is -3.19. The minimum atomic E-state index is -0.299. The summed E-state index contributed by atoms with van der Waals surface area (Å²) >= 11 is 0. The maximum Gasteiger partial charge on any atom is 0.340 e. The highest BCUT2D eigenvalue weighted by molar-refractivity contribution is 6.02. The van der Waals surface area contributed by atoms with E-state index in [1.165, 1.54) is 0 Å². The van der Waals surface area contributed by atoms with Crippen molar-refractivity contribution in [2.45, 2.75) is 25.7 Å². The molecule has 26 heavy (non-hydrogen) atoms. The first-order valence-corrected chi connectivity index (χ1v) is 8.82. The lowest BCUT2D eigenvalue weighted by molar-refractivity contribution is 0.0525. The van der Waals surface area contributed by atoms with Crippen LogP contribution in [-0.2, 0) is 4.74 Å². The Morgan fingerprint density at radius 2 is 2.00 bits per heavy atom. The molecule has 0 spiro atoms. The van der Waals surface area contributed by atoms with Crippen LogP contribution in [0.3, 0.4) is 0 Å². The lowest BCUT2D eigenvalue weighted by atomic mass is 9.95. The predicted molar refractivity (Wildman–Crippen MR) is 99.8 cm³/mol. The number of benzene rings is 2. The number of carbonyl (C=O) groups excluding carboxylic acids is 1. The van der Waals surface area contributed by atoms with E-state index in [1.54, 1.807) is 6.20 Å². The van der Waals surface area contributed by atoms with Gasteiger partial charge in [-0.2, -0.15) is 5.26 Å². The van der Waals surface area contributed by atoms with Gasteiger partial charge in [0.25, 0.3) is 0 Å². The predicted octanol–water partition coefficient (Wildman–Crippen LogP) is 4.83. The fourth-order valence-electron chi connectivity index (χ4n) is 3.38. The van der Waals surface area contributed by atoms with Gasteiger partial charge in [-0.1, -0.05) is 30.3 Å². The molecule has 2 aromatic carbocycles. The van der Waals surface area contributed by atoms with Gasteiger partial charge < -0.3 is 4.74 Å². The van der Waals surface area contributed by atoms with Gasteiger partial charge >= 0.3 is 5.97 Å². The van der Waals surface area contributed by atoms with Gasteiger partial charge in [0, 0.05) is 17.1 Å². The molecule has 0 atom stereocenters. The van der Waals surface area contributed by atoms with Crippen LogP contribution in [0.1, 0.15) is 47.2 Å². The third-order valence-electron chi connectivity index (χ3n) is 4.75. The summed E-state index contributed by atoms with van der Waals surface area (Å²) in [7, 11) is 0. The zero-order valence-corrected chi connectivity index (χ0v) is 14.5. The van der Waals surface area contributed by atoms with E-state index in [2.05, 4.69) is 11.1 Å². The van der Waals surface area contributed by atoms with Crippen molar-refractivity contribution in [3.05, 3.63) is 65.4 Å². The van der Waals surface area contributed by atoms with Crippen LogP contribution in [0.25, 0.3) is 22.0 Å². The molecule has 0 bridgehead atoms. The van der Waals surface area contributed by atoms with E-state index in [0.29, 0.717) is 23.7 Å². The van der Waals surface area contributed by atoms with Crippen LogP contribution in [0, 0.1) is 11.3 Å². The van der Waals surface area contributed by atoms with Crippen molar-refractivity contribution in [1.29, 1.82) is 5.26 Å². The fraction of sp³-hybridized carbons (Fsp3) is 0.227. The molecule has 1 aliphatic carbocycles. The van der Waals surface area contributed by atoms with E-state index < -0.39 is 0 Å². The molecule has 4 rings (SSSR count). The summed E-state index contributed by atoms with van der Waals surface area (Å²) in [6.45, 7) is 2.17. The third kappa shape index (κ3) is 2.82. The van der Waals surface area contributed by atoms with Gasteiger partial charge in [0.1, 0.15) is 0 Å². The second-order valence-electron chi connectivity index (χ2n) is 6.47. The quantitative estimate of drug-likeness (QED) is 0.637. The lowest BCUT2D eigenvalue weighted by Crippen LogP contribution is -2.09. The maximum atomic E-state index is 12.4. The van der Waals surface area contributed by atoms with Crippen molar-refractivity contribution >= 4 is 16.9 Å². The molecule has 1 saturated carbocycles. The summed E-state index contributed by atoms with van der Waals surface area (Å²) < 4.78 is 5.23. The van der Waals surface area contributed by atoms with Crippen LogP contribution in [0.15, 0.2) is 48.7 Å². The molecule has 0 amide bonds. The van der Waals surface area contributed by atoms with Gasteiger partial charge in [-0.25, -0.2) is 4.79 Å². The summed E-state index contributed by atoms with van der Waals surface area (Å²) in [6.07, 6.45) is 3.83. The van der Waals surface area contributed by atoms with Gasteiger partial charge in [-0.05, 0) is 48.9 Å². The topological polar surface area (TPSA) is 63.0 Å². The van der Waals surface area contributed by atoms with Crippen molar-refractivity contribution < 1.29 is 9.53 Å². The molecule has 1 heterocycles. The van der Waals surface area contributed by atoms with Crippen molar-refractivity contribution in [3.63, 3.8) is 0 Å². The highest BCUT2D eigenvalue weighted by atomic mass is 16.5. The summed E-state index contributed by atoms with van der Waals surface area (Å²) in [6, 6.07) is 15.7. The molecular weight excluding hydrogens is 324 g/mol. The Bertz CT molecular complexity index is 1030. The smallest absolute Gasteiger partial charge is 0.340 e. The van der Waals surface area contributed by atoms with Crippen molar-refractivity contribution in [1.82, 2.24) is 4.98 Å². The van der Waals surface area contributed by atoms with E-state index in [4.69, 9.17) is 10.00 Å². The van der Waals surface area contributed by atoms with E-state index in [0.717, 1.165) is 40.4 Å². The highest BCUT2D eigenvalue weighted by Gasteiger charge is 2.31. The Morgan fingerprint density at radius 1 is 1.23 bits per heavy atom. The molecular formula is C22H18N2O2. The van der Waals surface area contributed by atoms with Crippen molar-refractivity contribution in [2.75, 3.05) is 6.61 Å². The van der Waals surface area contributed by atoms with Crippen molar-refractivity contribution in [3.8, 4) is 17.2 Å². The van der Waals surface area contributed by atoms with Gasteiger partial charge in [0.2, 0.25) is 0 Å². The molecule has 128 valence electrons. The minimum Gasteiger partial charge on any atom is -0.462 e. The molecule has 1 aliphatic rings. The molecule has 0 N–H and O–H groups in total. The Labute approximate surface area is 152 Å². The van der Waals surface area contributed by atoms with Crippen LogP contribution < -0.4 is 0 Å².